The fourth-order valence-corrected chi connectivity index (χ4v) is 4.78. The Balaban J connectivity index is 1.28. The maximum absolute atomic E-state index is 13.6. The standard InChI is InChI=1S/C26H24F2N6/c27-18-11-17(12-19(28)14-18)10-16-4-7-23-22(13-16)26(33-30-23)29-25-21-6-5-20(15-24(21)31-32-25)34-8-2-1-3-9-34/h4-7,11-15H,1-3,8-10H2,(H3,29,30,31,32,33). The van der Waals surface area contributed by atoms with Crippen molar-refractivity contribution in [1.29, 1.82) is 0 Å². The summed E-state index contributed by atoms with van der Waals surface area (Å²) in [5, 5.41) is 20.3. The Morgan fingerprint density at radius 1 is 0.735 bits per heavy atom. The molecule has 0 radical (unpaired) electrons. The first-order valence-corrected chi connectivity index (χ1v) is 11.5. The molecule has 3 aromatic carbocycles. The average molecular weight is 459 g/mol. The highest BCUT2D eigenvalue weighted by atomic mass is 19.1. The quantitative estimate of drug-likeness (QED) is 0.300. The molecular formula is C26H24F2N6. The Hall–Kier alpha value is -3.94. The van der Waals surface area contributed by atoms with Gasteiger partial charge in [-0.2, -0.15) is 10.2 Å². The Morgan fingerprint density at radius 2 is 1.47 bits per heavy atom. The predicted molar refractivity (Wildman–Crippen MR) is 131 cm³/mol. The smallest absolute Gasteiger partial charge is 0.161 e. The van der Waals surface area contributed by atoms with Crippen molar-refractivity contribution in [2.75, 3.05) is 23.3 Å². The Labute approximate surface area is 195 Å². The first-order valence-electron chi connectivity index (χ1n) is 11.5. The van der Waals surface area contributed by atoms with Crippen LogP contribution in [-0.2, 0) is 6.42 Å². The number of hydrogen-bond donors (Lipinski definition) is 3. The van der Waals surface area contributed by atoms with Gasteiger partial charge < -0.3 is 10.2 Å². The summed E-state index contributed by atoms with van der Waals surface area (Å²) in [6, 6.07) is 15.8. The van der Waals surface area contributed by atoms with E-state index in [-0.39, 0.29) is 0 Å². The second-order valence-electron chi connectivity index (χ2n) is 8.88. The van der Waals surface area contributed by atoms with Crippen LogP contribution < -0.4 is 10.2 Å². The van der Waals surface area contributed by atoms with Crippen molar-refractivity contribution in [3.05, 3.63) is 77.4 Å². The average Bonchev–Trinajstić information content (AvgIpc) is 3.43. The molecule has 3 N–H and O–H groups in total. The van der Waals surface area contributed by atoms with Crippen molar-refractivity contribution in [3.63, 3.8) is 0 Å². The minimum atomic E-state index is -0.574. The number of aromatic amines is 2. The van der Waals surface area contributed by atoms with Crippen LogP contribution in [0, 0.1) is 11.6 Å². The lowest BCUT2D eigenvalue weighted by Crippen LogP contribution is -2.29. The summed E-state index contributed by atoms with van der Waals surface area (Å²) in [5.74, 6) is 0.202. The predicted octanol–water partition coefficient (Wildman–Crippen LogP) is 6.04. The van der Waals surface area contributed by atoms with E-state index in [2.05, 4.69) is 48.8 Å². The van der Waals surface area contributed by atoms with Crippen LogP contribution in [0.3, 0.4) is 0 Å². The van der Waals surface area contributed by atoms with Crippen LogP contribution in [0.1, 0.15) is 30.4 Å². The van der Waals surface area contributed by atoms with Crippen LogP contribution in [0.25, 0.3) is 21.8 Å². The topological polar surface area (TPSA) is 72.6 Å². The number of hydrogen-bond acceptors (Lipinski definition) is 4. The number of rotatable bonds is 5. The largest absolute Gasteiger partial charge is 0.371 e. The summed E-state index contributed by atoms with van der Waals surface area (Å²) >= 11 is 0. The van der Waals surface area contributed by atoms with E-state index < -0.39 is 11.6 Å². The van der Waals surface area contributed by atoms with Crippen molar-refractivity contribution in [3.8, 4) is 0 Å². The highest BCUT2D eigenvalue weighted by Crippen LogP contribution is 2.31. The number of fused-ring (bicyclic) bond motifs is 2. The number of anilines is 3. The minimum Gasteiger partial charge on any atom is -0.371 e. The van der Waals surface area contributed by atoms with E-state index in [9.17, 15) is 8.78 Å². The van der Waals surface area contributed by atoms with Gasteiger partial charge in [-0.05, 0) is 79.3 Å². The normalized spacial score (nSPS) is 14.2. The first-order chi connectivity index (χ1) is 16.6. The molecule has 0 bridgehead atoms. The van der Waals surface area contributed by atoms with Crippen LogP contribution in [0.4, 0.5) is 26.1 Å². The van der Waals surface area contributed by atoms with Crippen LogP contribution in [0.15, 0.2) is 54.6 Å². The first kappa shape index (κ1) is 20.7. The number of halogens is 2. The summed E-state index contributed by atoms with van der Waals surface area (Å²) in [6.45, 7) is 2.18. The number of nitrogens with one attached hydrogen (secondary N) is 3. The molecule has 1 aliphatic heterocycles. The fourth-order valence-electron chi connectivity index (χ4n) is 4.78. The number of aromatic nitrogens is 4. The molecule has 3 heterocycles. The molecule has 1 saturated heterocycles. The SMILES string of the molecule is Fc1cc(F)cc(Cc2ccc3[nH]nc(Nc4n[nH]c5cc(N6CCCCC6)ccc45)c3c2)c1. The lowest BCUT2D eigenvalue weighted by Gasteiger charge is -2.28. The van der Waals surface area contributed by atoms with Crippen LogP contribution in [-0.4, -0.2) is 33.5 Å². The molecule has 6 rings (SSSR count). The van der Waals surface area contributed by atoms with Gasteiger partial charge in [0.05, 0.1) is 11.0 Å². The third kappa shape index (κ3) is 3.96. The van der Waals surface area contributed by atoms with E-state index in [1.54, 1.807) is 0 Å². The Bertz CT molecular complexity index is 1460. The van der Waals surface area contributed by atoms with Gasteiger partial charge in [0, 0.05) is 35.6 Å². The lowest BCUT2D eigenvalue weighted by molar-refractivity contribution is 0.578. The molecule has 2 aromatic heterocycles. The summed E-state index contributed by atoms with van der Waals surface area (Å²) < 4.78 is 27.2. The van der Waals surface area contributed by atoms with Crippen molar-refractivity contribution >= 4 is 39.1 Å². The van der Waals surface area contributed by atoms with Gasteiger partial charge in [-0.25, -0.2) is 8.78 Å². The molecule has 8 heteroatoms. The molecule has 0 aliphatic carbocycles. The van der Waals surface area contributed by atoms with E-state index in [4.69, 9.17) is 0 Å². The number of benzene rings is 3. The molecule has 6 nitrogen and oxygen atoms in total. The maximum Gasteiger partial charge on any atom is 0.161 e. The van der Waals surface area contributed by atoms with E-state index in [0.717, 1.165) is 46.5 Å². The van der Waals surface area contributed by atoms with Crippen molar-refractivity contribution in [2.24, 2.45) is 0 Å². The van der Waals surface area contributed by atoms with Gasteiger partial charge in [-0.3, -0.25) is 10.2 Å². The molecule has 172 valence electrons. The maximum atomic E-state index is 13.6. The Morgan fingerprint density at radius 3 is 2.26 bits per heavy atom. The molecule has 5 aromatic rings. The molecule has 1 aliphatic rings. The molecule has 0 unspecified atom stereocenters. The van der Waals surface area contributed by atoms with Gasteiger partial charge in [-0.15, -0.1) is 0 Å². The van der Waals surface area contributed by atoms with Crippen LogP contribution >= 0.6 is 0 Å². The zero-order valence-electron chi connectivity index (χ0n) is 18.5. The van der Waals surface area contributed by atoms with Gasteiger partial charge in [0.15, 0.2) is 11.6 Å². The molecule has 1 fully saturated rings. The zero-order valence-corrected chi connectivity index (χ0v) is 18.5. The van der Waals surface area contributed by atoms with Crippen molar-refractivity contribution in [2.45, 2.75) is 25.7 Å². The second-order valence-corrected chi connectivity index (χ2v) is 8.88. The van der Waals surface area contributed by atoms with Crippen molar-refractivity contribution < 1.29 is 8.78 Å². The molecule has 34 heavy (non-hydrogen) atoms. The van der Waals surface area contributed by atoms with Gasteiger partial charge in [-0.1, -0.05) is 6.07 Å². The molecule has 0 atom stereocenters. The van der Waals surface area contributed by atoms with E-state index in [1.807, 2.05) is 18.2 Å². The number of H-pyrrole nitrogens is 2. The third-order valence-corrected chi connectivity index (χ3v) is 6.46. The number of nitrogens with zero attached hydrogens (tertiary/aromatic N) is 3. The summed E-state index contributed by atoms with van der Waals surface area (Å²) in [4.78, 5) is 2.42. The van der Waals surface area contributed by atoms with Crippen molar-refractivity contribution in [1.82, 2.24) is 20.4 Å². The number of piperidine rings is 1. The highest BCUT2D eigenvalue weighted by molar-refractivity contribution is 5.97. The van der Waals surface area contributed by atoms with E-state index in [0.29, 0.717) is 23.6 Å². The Kier molecular flexibility index (Phi) is 5.13. The fraction of sp³-hybridized carbons (Fsp3) is 0.231. The molecule has 0 amide bonds. The second kappa shape index (κ2) is 8.44. The molecule has 0 spiro atoms. The minimum absolute atomic E-state index is 0.417. The van der Waals surface area contributed by atoms with E-state index >= 15 is 0 Å². The lowest BCUT2D eigenvalue weighted by atomic mass is 10.0. The molecular weight excluding hydrogens is 434 g/mol. The highest BCUT2D eigenvalue weighted by Gasteiger charge is 2.15. The third-order valence-electron chi connectivity index (χ3n) is 6.46. The van der Waals surface area contributed by atoms with Gasteiger partial charge in [0.2, 0.25) is 0 Å². The van der Waals surface area contributed by atoms with E-state index in [1.165, 1.54) is 37.1 Å². The van der Waals surface area contributed by atoms with Crippen LogP contribution in [0.2, 0.25) is 0 Å². The summed E-state index contributed by atoms with van der Waals surface area (Å²) in [7, 11) is 0. The summed E-state index contributed by atoms with van der Waals surface area (Å²) in [5.41, 5.74) is 4.56. The van der Waals surface area contributed by atoms with Gasteiger partial charge in [0.25, 0.3) is 0 Å². The summed E-state index contributed by atoms with van der Waals surface area (Å²) in [6.07, 6.45) is 4.18. The van der Waals surface area contributed by atoms with Gasteiger partial charge >= 0.3 is 0 Å². The monoisotopic (exact) mass is 458 g/mol. The molecule has 0 saturated carbocycles. The van der Waals surface area contributed by atoms with Gasteiger partial charge in [0.1, 0.15) is 11.6 Å². The van der Waals surface area contributed by atoms with Crippen LogP contribution in [0.5, 0.6) is 0 Å². The zero-order chi connectivity index (χ0) is 23.1.